The average molecular weight is 369 g/mol. The number of imide groups is 1. The Balaban J connectivity index is 1.59. The Hall–Kier alpha value is -3.06. The molecule has 132 valence electrons. The van der Waals surface area contributed by atoms with E-state index in [0.29, 0.717) is 23.7 Å². The van der Waals surface area contributed by atoms with Crippen molar-refractivity contribution in [1.29, 1.82) is 0 Å². The SMILES string of the molecule is C=CC(=O)Oc1ccc(Oc2ccc(CC3SC(=O)NC3=O)cc2)cc1. The van der Waals surface area contributed by atoms with Crippen LogP contribution >= 0.6 is 11.8 Å². The van der Waals surface area contributed by atoms with E-state index in [-0.39, 0.29) is 16.4 Å². The topological polar surface area (TPSA) is 81.7 Å². The number of esters is 1. The molecule has 1 aliphatic heterocycles. The molecule has 7 heteroatoms. The minimum absolute atomic E-state index is 0.252. The lowest BCUT2D eigenvalue weighted by molar-refractivity contribution is -0.129. The van der Waals surface area contributed by atoms with E-state index in [1.807, 2.05) is 12.1 Å². The Labute approximate surface area is 154 Å². The fourth-order valence-corrected chi connectivity index (χ4v) is 3.16. The highest BCUT2D eigenvalue weighted by Gasteiger charge is 2.31. The van der Waals surface area contributed by atoms with E-state index >= 15 is 0 Å². The lowest BCUT2D eigenvalue weighted by Gasteiger charge is -2.09. The molecule has 1 atom stereocenters. The van der Waals surface area contributed by atoms with Crippen LogP contribution in [0.3, 0.4) is 0 Å². The molecule has 0 aromatic heterocycles. The van der Waals surface area contributed by atoms with Crippen LogP contribution in [0.25, 0.3) is 0 Å². The molecular weight excluding hydrogens is 354 g/mol. The maximum absolute atomic E-state index is 11.6. The molecule has 0 aliphatic carbocycles. The van der Waals surface area contributed by atoms with Crippen LogP contribution < -0.4 is 14.8 Å². The standard InChI is InChI=1S/C19H15NO5S/c1-2-17(21)25-15-9-7-14(8-10-15)24-13-5-3-12(4-6-13)11-16-18(22)20-19(23)26-16/h2-10,16H,1,11H2,(H,20,22,23). The zero-order valence-electron chi connectivity index (χ0n) is 13.6. The smallest absolute Gasteiger partial charge is 0.335 e. The normalized spacial score (nSPS) is 16.1. The highest BCUT2D eigenvalue weighted by molar-refractivity contribution is 8.15. The molecule has 1 N–H and O–H groups in total. The first kappa shape index (κ1) is 17.8. The number of amides is 2. The Morgan fingerprint density at radius 2 is 1.62 bits per heavy atom. The largest absolute Gasteiger partial charge is 0.457 e. The van der Waals surface area contributed by atoms with Crippen LogP contribution in [0, 0.1) is 0 Å². The van der Waals surface area contributed by atoms with Crippen molar-refractivity contribution in [2.24, 2.45) is 0 Å². The second-order valence-corrected chi connectivity index (χ2v) is 6.61. The van der Waals surface area contributed by atoms with E-state index in [1.165, 1.54) is 0 Å². The number of carbonyl (C=O) groups excluding carboxylic acids is 3. The van der Waals surface area contributed by atoms with Crippen molar-refractivity contribution in [2.45, 2.75) is 11.7 Å². The Kier molecular flexibility index (Phi) is 5.38. The summed E-state index contributed by atoms with van der Waals surface area (Å²) in [6.07, 6.45) is 1.57. The number of hydrogen-bond donors (Lipinski definition) is 1. The van der Waals surface area contributed by atoms with Gasteiger partial charge in [-0.25, -0.2) is 4.79 Å². The molecule has 0 spiro atoms. The van der Waals surface area contributed by atoms with Gasteiger partial charge in [-0.1, -0.05) is 30.5 Å². The fraction of sp³-hybridized carbons (Fsp3) is 0.105. The Morgan fingerprint density at radius 3 is 2.15 bits per heavy atom. The number of thioether (sulfide) groups is 1. The number of hydrogen-bond acceptors (Lipinski definition) is 6. The fourth-order valence-electron chi connectivity index (χ4n) is 2.30. The number of benzene rings is 2. The van der Waals surface area contributed by atoms with Crippen LogP contribution in [0.1, 0.15) is 5.56 Å². The molecular formula is C19H15NO5S. The molecule has 1 fully saturated rings. The predicted octanol–water partition coefficient (Wildman–Crippen LogP) is 3.46. The van der Waals surface area contributed by atoms with Gasteiger partial charge < -0.3 is 9.47 Å². The first-order valence-corrected chi connectivity index (χ1v) is 8.64. The van der Waals surface area contributed by atoms with Crippen molar-refractivity contribution in [2.75, 3.05) is 0 Å². The lowest BCUT2D eigenvalue weighted by Crippen LogP contribution is -2.25. The molecule has 0 radical (unpaired) electrons. The third-order valence-corrected chi connectivity index (χ3v) is 4.54. The van der Waals surface area contributed by atoms with Crippen molar-refractivity contribution in [1.82, 2.24) is 5.32 Å². The molecule has 2 amide bonds. The van der Waals surface area contributed by atoms with Gasteiger partial charge in [0.05, 0.1) is 5.25 Å². The molecule has 1 saturated heterocycles. The number of nitrogens with one attached hydrogen (secondary N) is 1. The molecule has 26 heavy (non-hydrogen) atoms. The van der Waals surface area contributed by atoms with Crippen LogP contribution in [0.5, 0.6) is 17.2 Å². The average Bonchev–Trinajstić information content (AvgIpc) is 2.95. The minimum atomic E-state index is -0.523. The molecule has 2 aromatic carbocycles. The summed E-state index contributed by atoms with van der Waals surface area (Å²) in [5.41, 5.74) is 0.936. The van der Waals surface area contributed by atoms with Crippen molar-refractivity contribution in [3.63, 3.8) is 0 Å². The highest BCUT2D eigenvalue weighted by atomic mass is 32.2. The number of ether oxygens (including phenoxy) is 2. The summed E-state index contributed by atoms with van der Waals surface area (Å²) in [5, 5.41) is 1.58. The van der Waals surface area contributed by atoms with Gasteiger partial charge in [-0.05, 0) is 48.4 Å². The van der Waals surface area contributed by atoms with Crippen LogP contribution in [-0.4, -0.2) is 22.4 Å². The van der Waals surface area contributed by atoms with Gasteiger partial charge in [-0.15, -0.1) is 0 Å². The molecule has 2 aromatic rings. The van der Waals surface area contributed by atoms with Gasteiger partial charge in [0.1, 0.15) is 17.2 Å². The lowest BCUT2D eigenvalue weighted by atomic mass is 10.1. The van der Waals surface area contributed by atoms with Crippen LogP contribution in [0.2, 0.25) is 0 Å². The molecule has 1 heterocycles. The number of carbonyl (C=O) groups is 3. The second-order valence-electron chi connectivity index (χ2n) is 5.43. The van der Waals surface area contributed by atoms with Crippen molar-refractivity contribution >= 4 is 28.9 Å². The van der Waals surface area contributed by atoms with Gasteiger partial charge in [0.25, 0.3) is 5.24 Å². The summed E-state index contributed by atoms with van der Waals surface area (Å²) in [5.74, 6) is 0.846. The molecule has 0 saturated carbocycles. The van der Waals surface area contributed by atoms with E-state index in [2.05, 4.69) is 11.9 Å². The number of rotatable bonds is 6. The summed E-state index contributed by atoms with van der Waals surface area (Å²) >= 11 is 1.01. The van der Waals surface area contributed by atoms with Crippen molar-refractivity contribution in [3.8, 4) is 17.2 Å². The van der Waals surface area contributed by atoms with Gasteiger partial charge in [0, 0.05) is 6.08 Å². The third kappa shape index (κ3) is 4.52. The van der Waals surface area contributed by atoms with Crippen LogP contribution in [0.15, 0.2) is 61.2 Å². The minimum Gasteiger partial charge on any atom is -0.457 e. The van der Waals surface area contributed by atoms with E-state index < -0.39 is 5.97 Å². The first-order chi connectivity index (χ1) is 12.5. The van der Waals surface area contributed by atoms with E-state index in [9.17, 15) is 14.4 Å². The van der Waals surface area contributed by atoms with Crippen molar-refractivity contribution in [3.05, 3.63) is 66.7 Å². The predicted molar refractivity (Wildman–Crippen MR) is 97.4 cm³/mol. The quantitative estimate of drug-likeness (QED) is 0.477. The molecule has 1 unspecified atom stereocenters. The summed E-state index contributed by atoms with van der Waals surface area (Å²) in [6.45, 7) is 3.34. The molecule has 0 bridgehead atoms. The van der Waals surface area contributed by atoms with Crippen LogP contribution in [0.4, 0.5) is 4.79 Å². The van der Waals surface area contributed by atoms with Gasteiger partial charge in [0.15, 0.2) is 0 Å². The summed E-state index contributed by atoms with van der Waals surface area (Å²) in [6, 6.07) is 13.9. The van der Waals surface area contributed by atoms with E-state index in [1.54, 1.807) is 36.4 Å². The third-order valence-electron chi connectivity index (χ3n) is 3.56. The molecule has 6 nitrogen and oxygen atoms in total. The molecule has 1 aliphatic rings. The maximum atomic E-state index is 11.6. The van der Waals surface area contributed by atoms with Crippen LogP contribution in [-0.2, 0) is 16.0 Å². The van der Waals surface area contributed by atoms with Gasteiger partial charge in [0.2, 0.25) is 5.91 Å². The van der Waals surface area contributed by atoms with Gasteiger partial charge in [-0.3, -0.25) is 14.9 Å². The van der Waals surface area contributed by atoms with Crippen molar-refractivity contribution < 1.29 is 23.9 Å². The summed E-state index contributed by atoms with van der Waals surface area (Å²) in [4.78, 5) is 33.9. The Morgan fingerprint density at radius 1 is 1.04 bits per heavy atom. The zero-order chi connectivity index (χ0) is 18.5. The Bertz CT molecular complexity index is 845. The summed E-state index contributed by atoms with van der Waals surface area (Å²) < 4.78 is 10.7. The van der Waals surface area contributed by atoms with E-state index in [4.69, 9.17) is 9.47 Å². The van der Waals surface area contributed by atoms with Gasteiger partial charge in [-0.2, -0.15) is 0 Å². The zero-order valence-corrected chi connectivity index (χ0v) is 14.5. The monoisotopic (exact) mass is 369 g/mol. The first-order valence-electron chi connectivity index (χ1n) is 7.76. The second kappa shape index (κ2) is 7.88. The maximum Gasteiger partial charge on any atom is 0.335 e. The van der Waals surface area contributed by atoms with Gasteiger partial charge >= 0.3 is 5.97 Å². The highest BCUT2D eigenvalue weighted by Crippen LogP contribution is 2.26. The summed E-state index contributed by atoms with van der Waals surface area (Å²) in [7, 11) is 0. The molecule has 3 rings (SSSR count). The van der Waals surface area contributed by atoms with E-state index in [0.717, 1.165) is 23.4 Å².